The van der Waals surface area contributed by atoms with E-state index in [1.54, 1.807) is 0 Å². The van der Waals surface area contributed by atoms with E-state index in [1.807, 2.05) is 6.92 Å². The van der Waals surface area contributed by atoms with Crippen LogP contribution in [0.1, 0.15) is 26.7 Å². The van der Waals surface area contributed by atoms with E-state index in [4.69, 9.17) is 4.74 Å². The molecular weight excluding hydrogens is 264 g/mol. The average Bonchev–Trinajstić information content (AvgIpc) is 2.84. The van der Waals surface area contributed by atoms with Gasteiger partial charge in [-0.15, -0.1) is 0 Å². The third-order valence-corrected chi connectivity index (χ3v) is 5.99. The summed E-state index contributed by atoms with van der Waals surface area (Å²) >= 11 is 0. The third kappa shape index (κ3) is 4.41. The van der Waals surface area contributed by atoms with Crippen LogP contribution in [0.25, 0.3) is 0 Å². The number of nitrogens with zero attached hydrogens (tertiary/aromatic N) is 1. The maximum atomic E-state index is 11.5. The van der Waals surface area contributed by atoms with Crippen molar-refractivity contribution in [2.75, 3.05) is 37.7 Å². The highest BCUT2D eigenvalue weighted by Gasteiger charge is 2.28. The van der Waals surface area contributed by atoms with Crippen LogP contribution in [0.5, 0.6) is 0 Å². The molecule has 0 amide bonds. The van der Waals surface area contributed by atoms with E-state index in [1.165, 1.54) is 0 Å². The molecule has 0 aliphatic carbocycles. The van der Waals surface area contributed by atoms with Crippen molar-refractivity contribution in [1.82, 2.24) is 10.2 Å². The molecule has 19 heavy (non-hydrogen) atoms. The van der Waals surface area contributed by atoms with Gasteiger partial charge in [0.1, 0.15) is 0 Å². The van der Waals surface area contributed by atoms with Gasteiger partial charge >= 0.3 is 0 Å². The maximum absolute atomic E-state index is 11.5. The van der Waals surface area contributed by atoms with Gasteiger partial charge in [0.05, 0.1) is 17.6 Å². The second kappa shape index (κ2) is 6.52. The van der Waals surface area contributed by atoms with Crippen LogP contribution < -0.4 is 5.32 Å². The fraction of sp³-hybridized carbons (Fsp3) is 1.00. The lowest BCUT2D eigenvalue weighted by atomic mass is 10.1. The normalized spacial score (nSPS) is 33.4. The highest BCUT2D eigenvalue weighted by molar-refractivity contribution is 7.91. The number of hydrogen-bond acceptors (Lipinski definition) is 5. The van der Waals surface area contributed by atoms with Crippen LogP contribution in [0, 0.1) is 0 Å². The van der Waals surface area contributed by atoms with Crippen molar-refractivity contribution in [3.8, 4) is 0 Å². The Kier molecular flexibility index (Phi) is 5.22. The molecule has 6 heteroatoms. The van der Waals surface area contributed by atoms with Gasteiger partial charge in [-0.05, 0) is 26.7 Å². The summed E-state index contributed by atoms with van der Waals surface area (Å²) in [5.41, 5.74) is 0. The Morgan fingerprint density at radius 1 is 1.47 bits per heavy atom. The first-order valence-electron chi connectivity index (χ1n) is 7.27. The molecular formula is C13H26N2O3S. The minimum atomic E-state index is -2.80. The number of hydrogen-bond donors (Lipinski definition) is 1. The van der Waals surface area contributed by atoms with Gasteiger partial charge in [-0.25, -0.2) is 8.42 Å². The fourth-order valence-corrected chi connectivity index (χ4v) is 4.55. The lowest BCUT2D eigenvalue weighted by Gasteiger charge is -2.33. The van der Waals surface area contributed by atoms with Gasteiger partial charge in [-0.3, -0.25) is 4.90 Å². The summed E-state index contributed by atoms with van der Waals surface area (Å²) in [4.78, 5) is 2.26. The summed E-state index contributed by atoms with van der Waals surface area (Å²) in [7, 11) is -2.80. The Morgan fingerprint density at radius 2 is 2.26 bits per heavy atom. The Bertz CT molecular complexity index is 379. The first-order chi connectivity index (χ1) is 8.98. The Morgan fingerprint density at radius 3 is 2.89 bits per heavy atom. The summed E-state index contributed by atoms with van der Waals surface area (Å²) < 4.78 is 28.7. The fourth-order valence-electron chi connectivity index (χ4n) is 2.93. The smallest absolute Gasteiger partial charge is 0.153 e. The van der Waals surface area contributed by atoms with Crippen LogP contribution in [0.4, 0.5) is 0 Å². The molecule has 2 fully saturated rings. The predicted octanol–water partition coefficient (Wildman–Crippen LogP) is 0.262. The van der Waals surface area contributed by atoms with Crippen molar-refractivity contribution in [1.29, 1.82) is 0 Å². The minimum absolute atomic E-state index is 0.138. The quantitative estimate of drug-likeness (QED) is 0.787. The molecule has 2 rings (SSSR count). The SMILES string of the molecule is CC(NCCN1CCS(=O)(=O)CC1C)C1CCCO1. The molecule has 0 radical (unpaired) electrons. The van der Waals surface area contributed by atoms with Gasteiger partial charge < -0.3 is 10.1 Å². The molecule has 112 valence electrons. The van der Waals surface area contributed by atoms with E-state index in [0.29, 0.717) is 30.2 Å². The molecule has 0 aromatic carbocycles. The Balaban J connectivity index is 1.68. The molecule has 0 aromatic heterocycles. The van der Waals surface area contributed by atoms with Crippen molar-refractivity contribution in [3.05, 3.63) is 0 Å². The van der Waals surface area contributed by atoms with Gasteiger partial charge in [-0.1, -0.05) is 0 Å². The summed E-state index contributed by atoms with van der Waals surface area (Å²) in [6.45, 7) is 7.52. The molecule has 5 nitrogen and oxygen atoms in total. The molecule has 0 saturated carbocycles. The molecule has 0 bridgehead atoms. The largest absolute Gasteiger partial charge is 0.377 e. The lowest BCUT2D eigenvalue weighted by molar-refractivity contribution is 0.0821. The molecule has 3 atom stereocenters. The van der Waals surface area contributed by atoms with E-state index < -0.39 is 9.84 Å². The van der Waals surface area contributed by atoms with E-state index >= 15 is 0 Å². The Hall–Kier alpha value is -0.170. The third-order valence-electron chi connectivity index (χ3n) is 4.20. The van der Waals surface area contributed by atoms with E-state index in [9.17, 15) is 8.42 Å². The minimum Gasteiger partial charge on any atom is -0.377 e. The van der Waals surface area contributed by atoms with Crippen LogP contribution in [0.2, 0.25) is 0 Å². The van der Waals surface area contributed by atoms with E-state index in [-0.39, 0.29) is 6.04 Å². The molecule has 2 aliphatic rings. The predicted molar refractivity (Wildman–Crippen MR) is 76.1 cm³/mol. The summed E-state index contributed by atoms with van der Waals surface area (Å²) in [5, 5.41) is 3.50. The maximum Gasteiger partial charge on any atom is 0.153 e. The van der Waals surface area contributed by atoms with Crippen molar-refractivity contribution in [2.24, 2.45) is 0 Å². The molecule has 2 saturated heterocycles. The van der Waals surface area contributed by atoms with Gasteiger partial charge in [0.2, 0.25) is 0 Å². The van der Waals surface area contributed by atoms with Gasteiger partial charge in [0, 0.05) is 38.3 Å². The highest BCUT2D eigenvalue weighted by Crippen LogP contribution is 2.15. The highest BCUT2D eigenvalue weighted by atomic mass is 32.2. The summed E-state index contributed by atoms with van der Waals surface area (Å²) in [6, 6.07) is 0.518. The van der Waals surface area contributed by atoms with Gasteiger partial charge in [-0.2, -0.15) is 0 Å². The number of nitrogens with one attached hydrogen (secondary N) is 1. The second-order valence-electron chi connectivity index (χ2n) is 5.79. The van der Waals surface area contributed by atoms with Gasteiger partial charge in [0.25, 0.3) is 0 Å². The zero-order chi connectivity index (χ0) is 13.9. The van der Waals surface area contributed by atoms with E-state index in [2.05, 4.69) is 17.1 Å². The first-order valence-corrected chi connectivity index (χ1v) is 9.09. The average molecular weight is 290 g/mol. The summed E-state index contributed by atoms with van der Waals surface area (Å²) in [5.74, 6) is 0.604. The van der Waals surface area contributed by atoms with Crippen molar-refractivity contribution in [3.63, 3.8) is 0 Å². The van der Waals surface area contributed by atoms with Crippen molar-refractivity contribution in [2.45, 2.75) is 44.9 Å². The zero-order valence-electron chi connectivity index (χ0n) is 12.0. The van der Waals surface area contributed by atoms with Crippen LogP contribution in [-0.4, -0.2) is 69.3 Å². The van der Waals surface area contributed by atoms with Crippen LogP contribution >= 0.6 is 0 Å². The molecule has 1 N–H and O–H groups in total. The number of ether oxygens (including phenoxy) is 1. The molecule has 2 aliphatic heterocycles. The van der Waals surface area contributed by atoms with Crippen LogP contribution in [-0.2, 0) is 14.6 Å². The van der Waals surface area contributed by atoms with Gasteiger partial charge in [0.15, 0.2) is 9.84 Å². The Labute approximate surface area is 116 Å². The standard InChI is InChI=1S/C13H26N2O3S/c1-11-10-19(16,17)9-7-15(11)6-5-14-12(2)13-4-3-8-18-13/h11-14H,3-10H2,1-2H3. The zero-order valence-corrected chi connectivity index (χ0v) is 12.8. The lowest BCUT2D eigenvalue weighted by Crippen LogP contribution is -2.50. The molecule has 3 unspecified atom stereocenters. The summed E-state index contributed by atoms with van der Waals surface area (Å²) in [6.07, 6.45) is 2.66. The van der Waals surface area contributed by atoms with Crippen molar-refractivity contribution < 1.29 is 13.2 Å². The number of sulfone groups is 1. The number of rotatable bonds is 5. The van der Waals surface area contributed by atoms with Crippen LogP contribution in [0.3, 0.4) is 0 Å². The first kappa shape index (κ1) is 15.2. The van der Waals surface area contributed by atoms with Crippen LogP contribution in [0.15, 0.2) is 0 Å². The second-order valence-corrected chi connectivity index (χ2v) is 8.02. The molecule has 2 heterocycles. The van der Waals surface area contributed by atoms with E-state index in [0.717, 1.165) is 32.5 Å². The molecule has 0 spiro atoms. The monoisotopic (exact) mass is 290 g/mol. The molecule has 0 aromatic rings. The topological polar surface area (TPSA) is 58.6 Å². The van der Waals surface area contributed by atoms with Crippen molar-refractivity contribution >= 4 is 9.84 Å².